The van der Waals surface area contributed by atoms with Gasteiger partial charge in [0.05, 0.1) is 19.8 Å². The Balaban J connectivity index is 0.000000181. The molecule has 0 N–H and O–H groups in total. The van der Waals surface area contributed by atoms with Crippen LogP contribution in [-0.4, -0.2) is 25.8 Å². The molecule has 17 heavy (non-hydrogen) atoms. The largest absolute Gasteiger partial charge is 0.466 e. The molecule has 1 aromatic carbocycles. The van der Waals surface area contributed by atoms with Crippen LogP contribution in [0.25, 0.3) is 0 Å². The van der Waals surface area contributed by atoms with Crippen molar-refractivity contribution in [3.8, 4) is 0 Å². The fraction of sp³-hybridized carbons (Fsp3) is 0.357. The Kier molecular flexibility index (Phi) is 5.43. The second-order valence-electron chi connectivity index (χ2n) is 3.91. The average molecular weight is 234 g/mol. The van der Waals surface area contributed by atoms with Gasteiger partial charge in [-0.2, -0.15) is 0 Å². The van der Waals surface area contributed by atoms with E-state index in [1.807, 2.05) is 18.2 Å². The summed E-state index contributed by atoms with van der Waals surface area (Å²) in [5.74, 6) is -0.337. The Labute approximate surface area is 102 Å². The summed E-state index contributed by atoms with van der Waals surface area (Å²) >= 11 is 0. The van der Waals surface area contributed by atoms with Gasteiger partial charge in [0.25, 0.3) is 0 Å². The number of ether oxygens (including phenoxy) is 2. The summed E-state index contributed by atoms with van der Waals surface area (Å²) in [6.07, 6.45) is 0.818. The van der Waals surface area contributed by atoms with Gasteiger partial charge in [0.1, 0.15) is 0 Å². The number of esters is 1. The molecule has 0 amide bonds. The van der Waals surface area contributed by atoms with Gasteiger partial charge in [-0.05, 0) is 6.92 Å². The minimum Gasteiger partial charge on any atom is -0.466 e. The van der Waals surface area contributed by atoms with Crippen molar-refractivity contribution in [1.82, 2.24) is 0 Å². The molecule has 2 rings (SSSR count). The lowest BCUT2D eigenvalue weighted by Crippen LogP contribution is -2.05. The van der Waals surface area contributed by atoms with Crippen molar-refractivity contribution in [2.75, 3.05) is 13.7 Å². The standard InChI is InChI=1S/C7H10O3.C7H8/c1-5(7(8)9-2)3-6-4-10-6;1-7-5-3-2-4-6-7/h6H,1,3-4H2,2H3;2-6H,1H3. The van der Waals surface area contributed by atoms with Crippen LogP contribution in [-0.2, 0) is 14.3 Å². The van der Waals surface area contributed by atoms with Crippen LogP contribution in [0.1, 0.15) is 12.0 Å². The van der Waals surface area contributed by atoms with Crippen molar-refractivity contribution < 1.29 is 14.3 Å². The fourth-order valence-corrected chi connectivity index (χ4v) is 1.22. The first-order chi connectivity index (χ1) is 8.13. The molecule has 1 atom stereocenters. The lowest BCUT2D eigenvalue weighted by atomic mass is 10.2. The summed E-state index contributed by atoms with van der Waals surface area (Å²) in [6.45, 7) is 6.38. The van der Waals surface area contributed by atoms with Gasteiger partial charge < -0.3 is 9.47 Å². The number of epoxide rings is 1. The normalized spacial score (nSPS) is 16.5. The summed E-state index contributed by atoms with van der Waals surface area (Å²) in [4.78, 5) is 10.7. The van der Waals surface area contributed by atoms with Crippen molar-refractivity contribution in [2.24, 2.45) is 0 Å². The topological polar surface area (TPSA) is 38.8 Å². The highest BCUT2D eigenvalue weighted by molar-refractivity contribution is 5.87. The van der Waals surface area contributed by atoms with E-state index in [2.05, 4.69) is 30.4 Å². The van der Waals surface area contributed by atoms with Gasteiger partial charge >= 0.3 is 5.97 Å². The number of hydrogen-bond donors (Lipinski definition) is 0. The Morgan fingerprint density at radius 3 is 2.41 bits per heavy atom. The molecule has 1 aliphatic rings. The van der Waals surface area contributed by atoms with Crippen molar-refractivity contribution in [2.45, 2.75) is 19.4 Å². The monoisotopic (exact) mass is 234 g/mol. The van der Waals surface area contributed by atoms with E-state index in [0.717, 1.165) is 6.61 Å². The first-order valence-electron chi connectivity index (χ1n) is 5.53. The van der Waals surface area contributed by atoms with E-state index in [1.165, 1.54) is 12.7 Å². The van der Waals surface area contributed by atoms with Crippen molar-refractivity contribution >= 4 is 5.97 Å². The quantitative estimate of drug-likeness (QED) is 0.458. The first-order valence-corrected chi connectivity index (χ1v) is 5.53. The van der Waals surface area contributed by atoms with Crippen LogP contribution in [0.15, 0.2) is 42.5 Å². The number of hydrogen-bond acceptors (Lipinski definition) is 3. The van der Waals surface area contributed by atoms with Crippen LogP contribution in [0.4, 0.5) is 0 Å². The van der Waals surface area contributed by atoms with Crippen LogP contribution >= 0.6 is 0 Å². The molecule has 0 bridgehead atoms. The van der Waals surface area contributed by atoms with E-state index in [9.17, 15) is 4.79 Å². The van der Waals surface area contributed by atoms with Gasteiger partial charge in [-0.25, -0.2) is 4.79 Å². The third-order valence-corrected chi connectivity index (χ3v) is 2.29. The molecule has 1 aliphatic heterocycles. The van der Waals surface area contributed by atoms with E-state index in [4.69, 9.17) is 4.74 Å². The molecule has 3 nitrogen and oxygen atoms in total. The zero-order chi connectivity index (χ0) is 12.7. The molecule has 92 valence electrons. The summed E-state index contributed by atoms with van der Waals surface area (Å²) < 4.78 is 9.35. The third-order valence-electron chi connectivity index (χ3n) is 2.29. The Hall–Kier alpha value is -1.61. The van der Waals surface area contributed by atoms with E-state index >= 15 is 0 Å². The molecule has 0 saturated carbocycles. The number of carbonyl (C=O) groups is 1. The average Bonchev–Trinajstić information content (AvgIpc) is 3.13. The molecule has 0 aliphatic carbocycles. The van der Waals surface area contributed by atoms with Crippen LogP contribution < -0.4 is 0 Å². The van der Waals surface area contributed by atoms with Gasteiger partial charge in [0.2, 0.25) is 0 Å². The molecule has 0 radical (unpaired) electrons. The van der Waals surface area contributed by atoms with Crippen molar-refractivity contribution in [3.63, 3.8) is 0 Å². The molecule has 1 saturated heterocycles. The number of benzene rings is 1. The Bertz CT molecular complexity index is 366. The SMILES string of the molecule is C=C(CC1CO1)C(=O)OC.Cc1ccccc1. The lowest BCUT2D eigenvalue weighted by Gasteiger charge is -1.98. The molecule has 3 heteroatoms. The van der Waals surface area contributed by atoms with Gasteiger partial charge in [-0.3, -0.25) is 0 Å². The van der Waals surface area contributed by atoms with E-state index < -0.39 is 0 Å². The highest BCUT2D eigenvalue weighted by Gasteiger charge is 2.25. The summed E-state index contributed by atoms with van der Waals surface area (Å²) in [6, 6.07) is 10.3. The molecular weight excluding hydrogens is 216 g/mol. The minimum absolute atomic E-state index is 0.214. The highest BCUT2D eigenvalue weighted by atomic mass is 16.6. The smallest absolute Gasteiger partial charge is 0.333 e. The second-order valence-corrected chi connectivity index (χ2v) is 3.91. The molecule has 0 spiro atoms. The molecular formula is C14H18O3. The van der Waals surface area contributed by atoms with Crippen molar-refractivity contribution in [3.05, 3.63) is 48.0 Å². The summed E-state index contributed by atoms with van der Waals surface area (Å²) in [5, 5.41) is 0. The Morgan fingerprint density at radius 2 is 2.06 bits per heavy atom. The highest BCUT2D eigenvalue weighted by Crippen LogP contribution is 2.18. The zero-order valence-electron chi connectivity index (χ0n) is 10.3. The maximum atomic E-state index is 10.7. The van der Waals surface area contributed by atoms with Crippen molar-refractivity contribution in [1.29, 1.82) is 0 Å². The number of carbonyl (C=O) groups excluding carboxylic acids is 1. The summed E-state index contributed by atoms with van der Waals surface area (Å²) in [5.41, 5.74) is 1.81. The minimum atomic E-state index is -0.337. The maximum Gasteiger partial charge on any atom is 0.333 e. The fourth-order valence-electron chi connectivity index (χ4n) is 1.22. The first kappa shape index (κ1) is 13.5. The van der Waals surface area contributed by atoms with Crippen LogP contribution in [0.2, 0.25) is 0 Å². The molecule has 1 fully saturated rings. The molecule has 0 aromatic heterocycles. The molecule has 1 heterocycles. The van der Waals surface area contributed by atoms with Gasteiger partial charge in [0.15, 0.2) is 0 Å². The number of rotatable bonds is 3. The third kappa shape index (κ3) is 5.88. The van der Waals surface area contributed by atoms with Crippen LogP contribution in [0.3, 0.4) is 0 Å². The van der Waals surface area contributed by atoms with Gasteiger partial charge in [-0.15, -0.1) is 0 Å². The predicted molar refractivity (Wildman–Crippen MR) is 66.7 cm³/mol. The number of methoxy groups -OCH3 is 1. The van der Waals surface area contributed by atoms with Gasteiger partial charge in [-0.1, -0.05) is 42.5 Å². The number of aryl methyl sites for hydroxylation is 1. The second kappa shape index (κ2) is 6.86. The van der Waals surface area contributed by atoms with E-state index in [0.29, 0.717) is 12.0 Å². The summed E-state index contributed by atoms with van der Waals surface area (Å²) in [7, 11) is 1.35. The predicted octanol–water partition coefficient (Wildman–Crippen LogP) is 2.50. The van der Waals surface area contributed by atoms with E-state index in [1.54, 1.807) is 0 Å². The maximum absolute atomic E-state index is 10.7. The van der Waals surface area contributed by atoms with Gasteiger partial charge in [0, 0.05) is 12.0 Å². The van der Waals surface area contributed by atoms with E-state index in [-0.39, 0.29) is 12.1 Å². The molecule has 1 aromatic rings. The lowest BCUT2D eigenvalue weighted by molar-refractivity contribution is -0.136. The van der Waals surface area contributed by atoms with Crippen LogP contribution in [0, 0.1) is 6.92 Å². The zero-order valence-corrected chi connectivity index (χ0v) is 10.3. The Morgan fingerprint density at radius 1 is 1.47 bits per heavy atom. The molecule has 1 unspecified atom stereocenters. The van der Waals surface area contributed by atoms with Crippen LogP contribution in [0.5, 0.6) is 0 Å².